The average Bonchev–Trinajstić information content (AvgIpc) is 2.04. The molecular weight excluding hydrogens is 164 g/mol. The second kappa shape index (κ2) is 3.08. The lowest BCUT2D eigenvalue weighted by Gasteiger charge is -2.08. The molecule has 0 aromatic heterocycles. The van der Waals surface area contributed by atoms with Crippen LogP contribution in [0, 0.1) is 0 Å². The smallest absolute Gasteiger partial charge is 0.335 e. The summed E-state index contributed by atoms with van der Waals surface area (Å²) >= 11 is 0. The Kier molecular flexibility index (Phi) is 2.14. The number of hydrogen-bond acceptors (Lipinski definition) is 3. The van der Waals surface area contributed by atoms with E-state index in [2.05, 4.69) is 4.74 Å². The number of carboxylic acid groups (broad SMARTS) is 2. The van der Waals surface area contributed by atoms with Crippen molar-refractivity contribution in [3.63, 3.8) is 0 Å². The van der Waals surface area contributed by atoms with E-state index in [0.29, 0.717) is 0 Å². The van der Waals surface area contributed by atoms with E-state index in [1.807, 2.05) is 0 Å². The summed E-state index contributed by atoms with van der Waals surface area (Å²) in [6.45, 7) is 0. The third kappa shape index (κ3) is 1.63. The molecule has 0 radical (unpaired) electrons. The van der Waals surface area contributed by atoms with E-state index in [1.165, 1.54) is 0 Å². The van der Waals surface area contributed by atoms with Crippen LogP contribution in [0.25, 0.3) is 0 Å². The van der Waals surface area contributed by atoms with Crippen molar-refractivity contribution in [1.29, 1.82) is 0 Å². The maximum absolute atomic E-state index is 10.4. The van der Waals surface area contributed by atoms with Crippen molar-refractivity contribution >= 4 is 11.9 Å². The van der Waals surface area contributed by atoms with Crippen LogP contribution >= 0.6 is 0 Å². The predicted molar refractivity (Wildman–Crippen MR) is 37.1 cm³/mol. The lowest BCUT2D eigenvalue weighted by Crippen LogP contribution is -2.10. The summed E-state index contributed by atoms with van der Waals surface area (Å²) in [6, 6.07) is 0. The molecule has 0 aromatic rings. The highest BCUT2D eigenvalue weighted by atomic mass is 16.5. The monoisotopic (exact) mass is 170 g/mol. The van der Waals surface area contributed by atoms with Gasteiger partial charge in [0.2, 0.25) is 0 Å². The zero-order valence-electron chi connectivity index (χ0n) is 5.98. The van der Waals surface area contributed by atoms with Gasteiger partial charge in [-0.1, -0.05) is 0 Å². The zero-order chi connectivity index (χ0) is 9.14. The summed E-state index contributed by atoms with van der Waals surface area (Å²) in [5, 5.41) is 16.9. The highest BCUT2D eigenvalue weighted by Gasteiger charge is 2.18. The third-order valence-corrected chi connectivity index (χ3v) is 1.35. The molecule has 0 unspecified atom stereocenters. The second-order valence-corrected chi connectivity index (χ2v) is 2.21. The Labute approximate surface area is 67.6 Å². The molecule has 0 atom stereocenters. The van der Waals surface area contributed by atoms with E-state index >= 15 is 0 Å². The molecule has 0 aromatic carbocycles. The Balaban J connectivity index is 2.73. The molecule has 0 spiro atoms. The van der Waals surface area contributed by atoms with Gasteiger partial charge in [-0.3, -0.25) is 0 Å². The average molecular weight is 170 g/mol. The summed E-state index contributed by atoms with van der Waals surface area (Å²) < 4.78 is 4.53. The van der Waals surface area contributed by atoms with Gasteiger partial charge in [-0.05, 0) is 0 Å². The van der Waals surface area contributed by atoms with Gasteiger partial charge in [0.15, 0.2) is 0 Å². The number of hydrogen-bond donors (Lipinski definition) is 2. The third-order valence-electron chi connectivity index (χ3n) is 1.35. The van der Waals surface area contributed by atoms with Gasteiger partial charge in [0.1, 0.15) is 12.5 Å². The summed E-state index contributed by atoms with van der Waals surface area (Å²) in [5.41, 5.74) is -0.121. The molecule has 64 valence electrons. The van der Waals surface area contributed by atoms with Crippen LogP contribution in [-0.2, 0) is 14.3 Å². The van der Waals surface area contributed by atoms with Crippen LogP contribution in [0.3, 0.4) is 0 Å². The molecule has 2 N–H and O–H groups in total. The van der Waals surface area contributed by atoms with Crippen LogP contribution in [-0.4, -0.2) is 22.2 Å². The van der Waals surface area contributed by atoms with E-state index < -0.39 is 11.9 Å². The first kappa shape index (κ1) is 8.32. The fourth-order valence-corrected chi connectivity index (χ4v) is 0.739. The van der Waals surface area contributed by atoms with Crippen molar-refractivity contribution < 1.29 is 24.5 Å². The lowest BCUT2D eigenvalue weighted by atomic mass is 10.1. The first-order chi connectivity index (χ1) is 5.61. The standard InChI is InChI=1S/C7H6O5/c8-6(9)4-1-5(7(10)11)3-12-2-4/h2-3H,1H2,(H,8,9)(H,10,11). The van der Waals surface area contributed by atoms with Crippen molar-refractivity contribution in [3.8, 4) is 0 Å². The van der Waals surface area contributed by atoms with Crippen molar-refractivity contribution in [2.45, 2.75) is 6.42 Å². The number of carboxylic acids is 2. The minimum atomic E-state index is -1.16. The van der Waals surface area contributed by atoms with Gasteiger partial charge in [-0.25, -0.2) is 9.59 Å². The van der Waals surface area contributed by atoms with Crippen molar-refractivity contribution in [1.82, 2.24) is 0 Å². The molecule has 0 saturated carbocycles. The Bertz CT molecular complexity index is 258. The molecule has 1 rings (SSSR count). The molecular formula is C7H6O5. The van der Waals surface area contributed by atoms with Gasteiger partial charge in [0, 0.05) is 6.42 Å². The number of carbonyl (C=O) groups is 2. The maximum atomic E-state index is 10.4. The summed E-state index contributed by atoms with van der Waals surface area (Å²) in [6.07, 6.45) is 1.94. The van der Waals surface area contributed by atoms with Gasteiger partial charge < -0.3 is 14.9 Å². The van der Waals surface area contributed by atoms with Crippen LogP contribution in [0.5, 0.6) is 0 Å². The highest BCUT2D eigenvalue weighted by Crippen LogP contribution is 2.16. The molecule has 0 fully saturated rings. The molecule has 1 aliphatic heterocycles. The second-order valence-electron chi connectivity index (χ2n) is 2.21. The van der Waals surface area contributed by atoms with Gasteiger partial charge >= 0.3 is 11.9 Å². The van der Waals surface area contributed by atoms with Crippen LogP contribution < -0.4 is 0 Å². The quantitative estimate of drug-likeness (QED) is 0.624. The topological polar surface area (TPSA) is 83.8 Å². The Morgan fingerprint density at radius 1 is 1.17 bits per heavy atom. The van der Waals surface area contributed by atoms with E-state index in [0.717, 1.165) is 12.5 Å². The van der Waals surface area contributed by atoms with Crippen LogP contribution in [0.1, 0.15) is 6.42 Å². The summed E-state index contributed by atoms with van der Waals surface area (Å²) in [4.78, 5) is 20.7. The largest absolute Gasteiger partial charge is 0.478 e. The van der Waals surface area contributed by atoms with Crippen LogP contribution in [0.15, 0.2) is 23.7 Å². The molecule has 1 aliphatic rings. The van der Waals surface area contributed by atoms with Crippen LogP contribution in [0.2, 0.25) is 0 Å². The molecule has 0 amide bonds. The Hall–Kier alpha value is -1.78. The van der Waals surface area contributed by atoms with Gasteiger partial charge in [0.25, 0.3) is 0 Å². The highest BCUT2D eigenvalue weighted by molar-refractivity contribution is 5.93. The molecule has 1 heterocycles. The fraction of sp³-hybridized carbons (Fsp3) is 0.143. The molecule has 5 heteroatoms. The molecule has 0 aliphatic carbocycles. The normalized spacial score (nSPS) is 15.7. The van der Waals surface area contributed by atoms with Gasteiger partial charge in [0.05, 0.1) is 11.1 Å². The first-order valence-electron chi connectivity index (χ1n) is 3.11. The Morgan fingerprint density at radius 2 is 1.58 bits per heavy atom. The van der Waals surface area contributed by atoms with E-state index in [1.54, 1.807) is 0 Å². The van der Waals surface area contributed by atoms with E-state index in [9.17, 15) is 9.59 Å². The fourth-order valence-electron chi connectivity index (χ4n) is 0.739. The first-order valence-corrected chi connectivity index (χ1v) is 3.11. The minimum Gasteiger partial charge on any atom is -0.478 e. The maximum Gasteiger partial charge on any atom is 0.335 e. The summed E-state index contributed by atoms with van der Waals surface area (Å²) in [5.74, 6) is -2.33. The van der Waals surface area contributed by atoms with Crippen LogP contribution in [0.4, 0.5) is 0 Å². The predicted octanol–water partition coefficient (Wildman–Crippen LogP) is 0.344. The van der Waals surface area contributed by atoms with Crippen molar-refractivity contribution in [2.24, 2.45) is 0 Å². The molecule has 0 bridgehead atoms. The Morgan fingerprint density at radius 3 is 1.92 bits per heavy atom. The number of aliphatic carboxylic acids is 2. The minimum absolute atomic E-state index is 0.0603. The number of ether oxygens (including phenoxy) is 1. The number of rotatable bonds is 2. The van der Waals surface area contributed by atoms with Crippen molar-refractivity contribution in [2.75, 3.05) is 0 Å². The van der Waals surface area contributed by atoms with E-state index in [4.69, 9.17) is 10.2 Å². The van der Waals surface area contributed by atoms with E-state index in [-0.39, 0.29) is 17.6 Å². The van der Waals surface area contributed by atoms with Gasteiger partial charge in [-0.15, -0.1) is 0 Å². The molecule has 12 heavy (non-hydrogen) atoms. The molecule has 0 saturated heterocycles. The van der Waals surface area contributed by atoms with Crippen molar-refractivity contribution in [3.05, 3.63) is 23.7 Å². The lowest BCUT2D eigenvalue weighted by molar-refractivity contribution is -0.133. The SMILES string of the molecule is O=C(O)C1=COC=C(C(=O)O)C1. The van der Waals surface area contributed by atoms with Gasteiger partial charge in [-0.2, -0.15) is 0 Å². The summed E-state index contributed by atoms with van der Waals surface area (Å²) in [7, 11) is 0. The zero-order valence-corrected chi connectivity index (χ0v) is 5.98. The molecule has 5 nitrogen and oxygen atoms in total.